The van der Waals surface area contributed by atoms with E-state index in [-0.39, 0.29) is 5.56 Å². The summed E-state index contributed by atoms with van der Waals surface area (Å²) < 4.78 is 7.24. The third-order valence-corrected chi connectivity index (χ3v) is 6.74. The quantitative estimate of drug-likeness (QED) is 0.310. The van der Waals surface area contributed by atoms with Crippen LogP contribution >= 0.6 is 0 Å². The Morgan fingerprint density at radius 3 is 2.56 bits per heavy atom. The summed E-state index contributed by atoms with van der Waals surface area (Å²) in [6.07, 6.45) is 5.36. The number of aryl methyl sites for hydroxylation is 2. The zero-order valence-corrected chi connectivity index (χ0v) is 19.9. The van der Waals surface area contributed by atoms with Gasteiger partial charge in [-0.15, -0.1) is 0 Å². The molecule has 1 saturated heterocycles. The van der Waals surface area contributed by atoms with Crippen LogP contribution in [0.4, 0.5) is 5.69 Å². The highest BCUT2D eigenvalue weighted by molar-refractivity contribution is 6.02. The fourth-order valence-corrected chi connectivity index (χ4v) is 4.80. The van der Waals surface area contributed by atoms with Gasteiger partial charge in [0.25, 0.3) is 5.56 Å². The Balaban J connectivity index is 1.16. The SMILES string of the molecule is COc1ccccc1N1CCN(CCCCn2cnc3c(cnc4cc(C)ccc43)c2=O)CC1. The van der Waals surface area contributed by atoms with E-state index in [1.807, 2.05) is 37.3 Å². The minimum Gasteiger partial charge on any atom is -0.495 e. The predicted molar refractivity (Wildman–Crippen MR) is 137 cm³/mol. The van der Waals surface area contributed by atoms with Gasteiger partial charge in [-0.1, -0.05) is 24.3 Å². The van der Waals surface area contributed by atoms with E-state index < -0.39 is 0 Å². The molecule has 0 N–H and O–H groups in total. The maximum absolute atomic E-state index is 13.0. The molecule has 7 nitrogen and oxygen atoms in total. The summed E-state index contributed by atoms with van der Waals surface area (Å²) in [5.41, 5.74) is 3.92. The van der Waals surface area contributed by atoms with Gasteiger partial charge in [0, 0.05) is 44.3 Å². The zero-order chi connectivity index (χ0) is 23.5. The van der Waals surface area contributed by atoms with Crippen LogP contribution in [-0.4, -0.2) is 59.3 Å². The van der Waals surface area contributed by atoms with Gasteiger partial charge in [-0.3, -0.25) is 19.2 Å². The van der Waals surface area contributed by atoms with E-state index in [4.69, 9.17) is 4.74 Å². The van der Waals surface area contributed by atoms with E-state index in [2.05, 4.69) is 31.9 Å². The van der Waals surface area contributed by atoms with E-state index in [0.29, 0.717) is 11.9 Å². The van der Waals surface area contributed by atoms with Gasteiger partial charge in [0.15, 0.2) is 0 Å². The largest absolute Gasteiger partial charge is 0.495 e. The van der Waals surface area contributed by atoms with Crippen molar-refractivity contribution in [1.29, 1.82) is 0 Å². The molecule has 2 aromatic carbocycles. The number of ether oxygens (including phenoxy) is 1. The summed E-state index contributed by atoms with van der Waals surface area (Å²) in [5.74, 6) is 0.934. The van der Waals surface area contributed by atoms with Crippen LogP contribution in [0.2, 0.25) is 0 Å². The van der Waals surface area contributed by atoms with Crippen molar-refractivity contribution in [2.24, 2.45) is 0 Å². The first kappa shape index (κ1) is 22.3. The number of hydrogen-bond donors (Lipinski definition) is 0. The topological polar surface area (TPSA) is 63.5 Å². The minimum absolute atomic E-state index is 0.00889. The van der Waals surface area contributed by atoms with Gasteiger partial charge in [0.1, 0.15) is 5.75 Å². The van der Waals surface area contributed by atoms with Crippen molar-refractivity contribution in [2.45, 2.75) is 26.3 Å². The minimum atomic E-state index is -0.00889. The molecule has 0 unspecified atom stereocenters. The summed E-state index contributed by atoms with van der Waals surface area (Å²) >= 11 is 0. The Morgan fingerprint density at radius 2 is 1.74 bits per heavy atom. The van der Waals surface area contributed by atoms with Gasteiger partial charge >= 0.3 is 0 Å². The normalized spacial score (nSPS) is 14.7. The first-order chi connectivity index (χ1) is 16.6. The predicted octanol–water partition coefficient (Wildman–Crippen LogP) is 3.86. The number of nitrogens with zero attached hydrogens (tertiary/aromatic N) is 5. The molecule has 0 spiro atoms. The lowest BCUT2D eigenvalue weighted by Crippen LogP contribution is -2.46. The van der Waals surface area contributed by atoms with E-state index in [1.165, 1.54) is 5.69 Å². The van der Waals surface area contributed by atoms with Crippen molar-refractivity contribution < 1.29 is 4.74 Å². The molecule has 0 bridgehead atoms. The number of piperazine rings is 1. The summed E-state index contributed by atoms with van der Waals surface area (Å²) in [6.45, 7) is 7.82. The van der Waals surface area contributed by atoms with E-state index in [9.17, 15) is 4.79 Å². The van der Waals surface area contributed by atoms with Gasteiger partial charge in [0.2, 0.25) is 0 Å². The Kier molecular flexibility index (Phi) is 6.45. The average Bonchev–Trinajstić information content (AvgIpc) is 2.87. The zero-order valence-electron chi connectivity index (χ0n) is 19.9. The lowest BCUT2D eigenvalue weighted by atomic mass is 10.1. The number of pyridine rings is 1. The van der Waals surface area contributed by atoms with Crippen molar-refractivity contribution >= 4 is 27.5 Å². The molecule has 176 valence electrons. The van der Waals surface area contributed by atoms with Crippen LogP contribution in [0.25, 0.3) is 21.8 Å². The number of para-hydroxylation sites is 2. The fraction of sp³-hybridized carbons (Fsp3) is 0.370. The van der Waals surface area contributed by atoms with Gasteiger partial charge in [-0.25, -0.2) is 4.98 Å². The standard InChI is InChI=1S/C27H31N5O2/c1-20-9-10-21-23(17-20)28-18-22-26(21)29-19-32(27(22)33)12-6-5-11-30-13-15-31(16-14-30)24-7-3-4-8-25(24)34-2/h3-4,7-10,17-19H,5-6,11-16H2,1-2H3. The molecule has 7 heteroatoms. The monoisotopic (exact) mass is 457 g/mol. The molecule has 0 atom stereocenters. The van der Waals surface area contributed by atoms with Crippen molar-refractivity contribution in [3.05, 3.63) is 70.9 Å². The molecular formula is C27H31N5O2. The number of methoxy groups -OCH3 is 1. The maximum Gasteiger partial charge on any atom is 0.262 e. The van der Waals surface area contributed by atoms with Crippen molar-refractivity contribution in [3.63, 3.8) is 0 Å². The van der Waals surface area contributed by atoms with Crippen LogP contribution < -0.4 is 15.2 Å². The van der Waals surface area contributed by atoms with E-state index in [1.54, 1.807) is 24.2 Å². The highest BCUT2D eigenvalue weighted by Crippen LogP contribution is 2.28. The van der Waals surface area contributed by atoms with E-state index >= 15 is 0 Å². The molecule has 2 aromatic heterocycles. The number of fused-ring (bicyclic) bond motifs is 3. The molecule has 1 aliphatic heterocycles. The molecule has 4 aromatic rings. The molecule has 3 heterocycles. The Morgan fingerprint density at radius 1 is 0.941 bits per heavy atom. The molecule has 0 radical (unpaired) electrons. The van der Waals surface area contributed by atoms with Crippen LogP contribution in [0.5, 0.6) is 5.75 Å². The van der Waals surface area contributed by atoms with Gasteiger partial charge in [0.05, 0.1) is 35.5 Å². The third-order valence-electron chi connectivity index (χ3n) is 6.74. The van der Waals surface area contributed by atoms with Gasteiger partial charge < -0.3 is 9.64 Å². The number of benzene rings is 2. The van der Waals surface area contributed by atoms with Crippen LogP contribution in [-0.2, 0) is 6.54 Å². The van der Waals surface area contributed by atoms with Crippen molar-refractivity contribution in [2.75, 3.05) is 44.7 Å². The third kappa shape index (κ3) is 4.48. The maximum atomic E-state index is 13.0. The lowest BCUT2D eigenvalue weighted by molar-refractivity contribution is 0.250. The number of aromatic nitrogens is 3. The van der Waals surface area contributed by atoms with Gasteiger partial charge in [-0.2, -0.15) is 0 Å². The highest BCUT2D eigenvalue weighted by atomic mass is 16.5. The smallest absolute Gasteiger partial charge is 0.262 e. The Labute approximate surface area is 199 Å². The number of hydrogen-bond acceptors (Lipinski definition) is 6. The molecule has 0 saturated carbocycles. The van der Waals surface area contributed by atoms with E-state index in [0.717, 1.165) is 73.3 Å². The molecule has 1 aliphatic rings. The van der Waals surface area contributed by atoms with Crippen LogP contribution in [0.1, 0.15) is 18.4 Å². The summed E-state index contributed by atoms with van der Waals surface area (Å²) in [7, 11) is 1.73. The summed E-state index contributed by atoms with van der Waals surface area (Å²) in [4.78, 5) is 27.0. The molecule has 5 rings (SSSR count). The average molecular weight is 458 g/mol. The number of unbranched alkanes of at least 4 members (excludes halogenated alkanes) is 1. The van der Waals surface area contributed by atoms with Crippen molar-refractivity contribution in [1.82, 2.24) is 19.4 Å². The Bertz CT molecular complexity index is 1360. The molecular weight excluding hydrogens is 426 g/mol. The van der Waals surface area contributed by atoms with Crippen LogP contribution in [0.15, 0.2) is 59.8 Å². The summed E-state index contributed by atoms with van der Waals surface area (Å²) in [6, 6.07) is 14.3. The second kappa shape index (κ2) is 9.81. The highest BCUT2D eigenvalue weighted by Gasteiger charge is 2.19. The van der Waals surface area contributed by atoms with Crippen LogP contribution in [0.3, 0.4) is 0 Å². The molecule has 0 amide bonds. The number of anilines is 1. The molecule has 0 aliphatic carbocycles. The first-order valence-electron chi connectivity index (χ1n) is 12.0. The fourth-order valence-electron chi connectivity index (χ4n) is 4.80. The van der Waals surface area contributed by atoms with Crippen LogP contribution in [0, 0.1) is 6.92 Å². The summed E-state index contributed by atoms with van der Waals surface area (Å²) in [5, 5.41) is 1.52. The number of rotatable bonds is 7. The Hall–Kier alpha value is -3.45. The second-order valence-electron chi connectivity index (χ2n) is 8.99. The first-order valence-corrected chi connectivity index (χ1v) is 12.0. The van der Waals surface area contributed by atoms with Crippen molar-refractivity contribution in [3.8, 4) is 5.75 Å². The lowest BCUT2D eigenvalue weighted by Gasteiger charge is -2.36. The van der Waals surface area contributed by atoms with Gasteiger partial charge in [-0.05, 0) is 50.1 Å². The molecule has 1 fully saturated rings. The molecule has 34 heavy (non-hydrogen) atoms. The second-order valence-corrected chi connectivity index (χ2v) is 8.99.